The van der Waals surface area contributed by atoms with Crippen LogP contribution in [0.2, 0.25) is 5.15 Å². The number of amides is 2. The fourth-order valence-electron chi connectivity index (χ4n) is 4.83. The molecule has 2 aromatic rings. The van der Waals surface area contributed by atoms with Gasteiger partial charge in [0.05, 0.1) is 5.75 Å². The molecule has 10 heteroatoms. The Bertz CT molecular complexity index is 1050. The standard InChI is InChI=1S/C27H37ClN6O2S/c1-3-4-10-25(35)34-16-15-33(18-21(34)2)24-17-23(28)29-27(30-24)37-20-26(36)32-13-11-31(12-14-32)19-22-8-6-5-7-9-22/h5-9,17,21H,3-4,10-16,18-20H2,1-2H3. The molecule has 4 rings (SSSR count). The molecule has 0 saturated carbocycles. The van der Waals surface area contributed by atoms with E-state index in [0.717, 1.165) is 51.4 Å². The fraction of sp³-hybridized carbons (Fsp3) is 0.556. The Labute approximate surface area is 229 Å². The molecule has 0 radical (unpaired) electrons. The third-order valence-corrected chi connectivity index (χ3v) is 8.00. The first kappa shape index (κ1) is 27.7. The molecule has 8 nitrogen and oxygen atoms in total. The number of hydrogen-bond acceptors (Lipinski definition) is 7. The van der Waals surface area contributed by atoms with Crippen molar-refractivity contribution in [1.82, 2.24) is 24.7 Å². The van der Waals surface area contributed by atoms with E-state index < -0.39 is 0 Å². The molecule has 200 valence electrons. The maximum atomic E-state index is 12.9. The second kappa shape index (κ2) is 13.4. The first-order chi connectivity index (χ1) is 17.9. The lowest BCUT2D eigenvalue weighted by Gasteiger charge is -2.40. The fourth-order valence-corrected chi connectivity index (χ4v) is 5.82. The van der Waals surface area contributed by atoms with Gasteiger partial charge >= 0.3 is 0 Å². The Morgan fingerprint density at radius 2 is 1.78 bits per heavy atom. The molecule has 3 heterocycles. The van der Waals surface area contributed by atoms with Gasteiger partial charge in [0.15, 0.2) is 5.16 Å². The van der Waals surface area contributed by atoms with Gasteiger partial charge in [-0.1, -0.05) is 67.0 Å². The van der Waals surface area contributed by atoms with Gasteiger partial charge in [0.25, 0.3) is 0 Å². The minimum Gasteiger partial charge on any atom is -0.353 e. The number of piperazine rings is 2. The molecule has 1 unspecified atom stereocenters. The highest BCUT2D eigenvalue weighted by Gasteiger charge is 2.28. The number of rotatable bonds is 9. The summed E-state index contributed by atoms with van der Waals surface area (Å²) in [6.07, 6.45) is 2.56. The lowest BCUT2D eigenvalue weighted by molar-refractivity contribution is -0.133. The Morgan fingerprint density at radius 1 is 1.03 bits per heavy atom. The van der Waals surface area contributed by atoms with E-state index in [4.69, 9.17) is 16.6 Å². The molecule has 1 aromatic carbocycles. The SMILES string of the molecule is CCCCC(=O)N1CCN(c2cc(Cl)nc(SCC(=O)N3CCN(Cc4ccccc4)CC3)n2)CC1C. The minimum absolute atomic E-state index is 0.0994. The van der Waals surface area contributed by atoms with Crippen LogP contribution >= 0.6 is 23.4 Å². The number of carbonyl (C=O) groups excluding carboxylic acids is 2. The van der Waals surface area contributed by atoms with Crippen LogP contribution in [0.3, 0.4) is 0 Å². The van der Waals surface area contributed by atoms with Crippen molar-refractivity contribution in [2.24, 2.45) is 0 Å². The van der Waals surface area contributed by atoms with Crippen molar-refractivity contribution < 1.29 is 9.59 Å². The predicted molar refractivity (Wildman–Crippen MR) is 149 cm³/mol. The van der Waals surface area contributed by atoms with Gasteiger partial charge in [-0.25, -0.2) is 9.97 Å². The lowest BCUT2D eigenvalue weighted by atomic mass is 10.1. The van der Waals surface area contributed by atoms with Gasteiger partial charge in [-0.3, -0.25) is 14.5 Å². The molecule has 0 aliphatic carbocycles. The van der Waals surface area contributed by atoms with Crippen LogP contribution < -0.4 is 4.90 Å². The zero-order valence-electron chi connectivity index (χ0n) is 21.8. The molecule has 2 fully saturated rings. The molecule has 1 atom stereocenters. The molecule has 2 saturated heterocycles. The average Bonchev–Trinajstić information content (AvgIpc) is 2.91. The van der Waals surface area contributed by atoms with Crippen molar-refractivity contribution in [2.75, 3.05) is 56.5 Å². The molecule has 37 heavy (non-hydrogen) atoms. The number of anilines is 1. The van der Waals surface area contributed by atoms with Gasteiger partial charge in [-0.05, 0) is 18.9 Å². The van der Waals surface area contributed by atoms with Crippen LogP contribution in [-0.4, -0.2) is 94.1 Å². The lowest BCUT2D eigenvalue weighted by Crippen LogP contribution is -2.54. The Morgan fingerprint density at radius 3 is 2.49 bits per heavy atom. The Kier molecular flexibility index (Phi) is 10.1. The first-order valence-electron chi connectivity index (χ1n) is 13.2. The number of carbonyl (C=O) groups is 2. The van der Waals surface area contributed by atoms with Gasteiger partial charge in [0.1, 0.15) is 11.0 Å². The van der Waals surface area contributed by atoms with Crippen molar-refractivity contribution in [1.29, 1.82) is 0 Å². The Balaban J connectivity index is 1.26. The number of unbranched alkanes of at least 4 members (excludes halogenated alkanes) is 1. The molecular formula is C27H37ClN6O2S. The van der Waals surface area contributed by atoms with E-state index in [1.165, 1.54) is 17.3 Å². The number of hydrogen-bond donors (Lipinski definition) is 0. The van der Waals surface area contributed by atoms with Crippen LogP contribution in [0.25, 0.3) is 0 Å². The van der Waals surface area contributed by atoms with Crippen LogP contribution in [-0.2, 0) is 16.1 Å². The summed E-state index contributed by atoms with van der Waals surface area (Å²) in [6, 6.07) is 12.3. The number of aromatic nitrogens is 2. The number of nitrogens with zero attached hydrogens (tertiary/aromatic N) is 6. The highest BCUT2D eigenvalue weighted by molar-refractivity contribution is 7.99. The summed E-state index contributed by atoms with van der Waals surface area (Å²) in [6.45, 7) is 10.4. The molecule has 0 N–H and O–H groups in total. The van der Waals surface area contributed by atoms with E-state index in [1.54, 1.807) is 6.07 Å². The summed E-state index contributed by atoms with van der Waals surface area (Å²) in [5, 5.41) is 0.872. The maximum Gasteiger partial charge on any atom is 0.233 e. The minimum atomic E-state index is 0.0994. The van der Waals surface area contributed by atoms with Gasteiger partial charge in [-0.2, -0.15) is 0 Å². The normalized spacial score (nSPS) is 18.8. The van der Waals surface area contributed by atoms with Crippen LogP contribution in [0.1, 0.15) is 38.7 Å². The van der Waals surface area contributed by atoms with Crippen molar-refractivity contribution in [2.45, 2.75) is 50.9 Å². The highest BCUT2D eigenvalue weighted by atomic mass is 35.5. The van der Waals surface area contributed by atoms with E-state index in [1.807, 2.05) is 15.9 Å². The molecule has 1 aromatic heterocycles. The topological polar surface area (TPSA) is 72.9 Å². The van der Waals surface area contributed by atoms with E-state index in [-0.39, 0.29) is 23.6 Å². The van der Waals surface area contributed by atoms with Gasteiger partial charge in [0.2, 0.25) is 11.8 Å². The smallest absolute Gasteiger partial charge is 0.233 e. The zero-order valence-corrected chi connectivity index (χ0v) is 23.4. The molecule has 2 amide bonds. The quantitative estimate of drug-likeness (QED) is 0.270. The van der Waals surface area contributed by atoms with Crippen LogP contribution in [0.4, 0.5) is 5.82 Å². The van der Waals surface area contributed by atoms with Crippen molar-refractivity contribution >= 4 is 41.0 Å². The summed E-state index contributed by atoms with van der Waals surface area (Å²) >= 11 is 7.66. The Hall–Kier alpha value is -2.36. The monoisotopic (exact) mass is 544 g/mol. The number of halogens is 1. The largest absolute Gasteiger partial charge is 0.353 e. The van der Waals surface area contributed by atoms with E-state index in [0.29, 0.717) is 36.4 Å². The second-order valence-electron chi connectivity index (χ2n) is 9.75. The summed E-state index contributed by atoms with van der Waals surface area (Å²) in [7, 11) is 0. The molecule has 2 aliphatic rings. The average molecular weight is 545 g/mol. The van der Waals surface area contributed by atoms with E-state index in [9.17, 15) is 9.59 Å². The summed E-state index contributed by atoms with van der Waals surface area (Å²) < 4.78 is 0. The molecular weight excluding hydrogens is 508 g/mol. The van der Waals surface area contributed by atoms with Crippen LogP contribution in [0.15, 0.2) is 41.6 Å². The van der Waals surface area contributed by atoms with Gasteiger partial charge < -0.3 is 14.7 Å². The second-order valence-corrected chi connectivity index (χ2v) is 11.1. The highest BCUT2D eigenvalue weighted by Crippen LogP contribution is 2.25. The van der Waals surface area contributed by atoms with Crippen molar-refractivity contribution in [3.63, 3.8) is 0 Å². The van der Waals surface area contributed by atoms with Crippen LogP contribution in [0, 0.1) is 0 Å². The first-order valence-corrected chi connectivity index (χ1v) is 14.5. The maximum absolute atomic E-state index is 12.9. The predicted octanol–water partition coefficient (Wildman–Crippen LogP) is 3.79. The van der Waals surface area contributed by atoms with E-state index >= 15 is 0 Å². The van der Waals surface area contributed by atoms with Crippen LogP contribution in [0.5, 0.6) is 0 Å². The molecule has 0 spiro atoms. The summed E-state index contributed by atoms with van der Waals surface area (Å²) in [4.78, 5) is 42.9. The zero-order chi connectivity index (χ0) is 26.2. The molecule has 0 bridgehead atoms. The number of thioether (sulfide) groups is 1. The number of benzene rings is 1. The van der Waals surface area contributed by atoms with Gasteiger partial charge in [0, 0.05) is 70.9 Å². The van der Waals surface area contributed by atoms with Crippen molar-refractivity contribution in [3.05, 3.63) is 47.1 Å². The van der Waals surface area contributed by atoms with Gasteiger partial charge in [-0.15, -0.1) is 0 Å². The van der Waals surface area contributed by atoms with E-state index in [2.05, 4.69) is 52.9 Å². The summed E-state index contributed by atoms with van der Waals surface area (Å²) in [5.74, 6) is 1.36. The molecule has 2 aliphatic heterocycles. The van der Waals surface area contributed by atoms with Crippen molar-refractivity contribution in [3.8, 4) is 0 Å². The summed E-state index contributed by atoms with van der Waals surface area (Å²) in [5.41, 5.74) is 1.30. The third kappa shape index (κ3) is 7.82. The third-order valence-electron chi connectivity index (χ3n) is 6.98.